The molecule has 26 heavy (non-hydrogen) atoms. The number of carbonyl (C=O) groups excluding carboxylic acids is 1. The molecular formula is C21H24N4O. The molecule has 3 N–H and O–H groups in total. The average molecular weight is 348 g/mol. The van der Waals surface area contributed by atoms with Crippen LogP contribution in [0, 0.1) is 0 Å². The highest BCUT2D eigenvalue weighted by Crippen LogP contribution is 2.22. The van der Waals surface area contributed by atoms with Crippen molar-refractivity contribution in [2.75, 3.05) is 20.1 Å². The quantitative estimate of drug-likeness (QED) is 0.659. The molecule has 1 aliphatic rings. The summed E-state index contributed by atoms with van der Waals surface area (Å²) in [6.45, 7) is 2.42. The third kappa shape index (κ3) is 4.30. The fourth-order valence-corrected chi connectivity index (χ4v) is 3.08. The van der Waals surface area contributed by atoms with Crippen molar-refractivity contribution in [1.29, 1.82) is 0 Å². The van der Waals surface area contributed by atoms with Gasteiger partial charge in [-0.1, -0.05) is 48.5 Å². The van der Waals surface area contributed by atoms with Gasteiger partial charge in [0.1, 0.15) is 0 Å². The highest BCUT2D eigenvalue weighted by Gasteiger charge is 2.16. The second-order valence-electron chi connectivity index (χ2n) is 6.25. The highest BCUT2D eigenvalue weighted by atomic mass is 16.1. The van der Waals surface area contributed by atoms with Crippen molar-refractivity contribution in [3.8, 4) is 0 Å². The zero-order valence-corrected chi connectivity index (χ0v) is 15.0. The van der Waals surface area contributed by atoms with Crippen LogP contribution in [-0.4, -0.2) is 36.9 Å². The minimum atomic E-state index is -0.408. The molecule has 134 valence electrons. The van der Waals surface area contributed by atoms with Crippen LogP contribution in [0.2, 0.25) is 0 Å². The molecule has 0 atom stereocenters. The molecule has 0 saturated heterocycles. The molecule has 0 unspecified atom stereocenters. The monoisotopic (exact) mass is 348 g/mol. The van der Waals surface area contributed by atoms with Crippen LogP contribution in [0.1, 0.15) is 27.9 Å². The molecule has 1 amide bonds. The van der Waals surface area contributed by atoms with Gasteiger partial charge in [-0.2, -0.15) is 0 Å². The predicted molar refractivity (Wildman–Crippen MR) is 106 cm³/mol. The summed E-state index contributed by atoms with van der Waals surface area (Å²) in [5.41, 5.74) is 9.56. The third-order valence-electron chi connectivity index (χ3n) is 4.55. The highest BCUT2D eigenvalue weighted by molar-refractivity contribution is 5.92. The van der Waals surface area contributed by atoms with Crippen molar-refractivity contribution in [3.63, 3.8) is 0 Å². The predicted octanol–water partition coefficient (Wildman–Crippen LogP) is 2.65. The van der Waals surface area contributed by atoms with E-state index in [-0.39, 0.29) is 0 Å². The maximum absolute atomic E-state index is 11.1. The lowest BCUT2D eigenvalue weighted by Crippen LogP contribution is -2.43. The van der Waals surface area contributed by atoms with Crippen LogP contribution in [0.5, 0.6) is 0 Å². The summed E-state index contributed by atoms with van der Waals surface area (Å²) >= 11 is 0. The van der Waals surface area contributed by atoms with Gasteiger partial charge >= 0.3 is 0 Å². The van der Waals surface area contributed by atoms with Crippen molar-refractivity contribution in [2.45, 2.75) is 13.0 Å². The van der Waals surface area contributed by atoms with E-state index < -0.39 is 5.91 Å². The number of primary amides is 1. The summed E-state index contributed by atoms with van der Waals surface area (Å²) < 4.78 is 0. The zero-order chi connectivity index (χ0) is 18.4. The van der Waals surface area contributed by atoms with E-state index in [1.807, 2.05) is 18.2 Å². The lowest BCUT2D eigenvalue weighted by molar-refractivity contribution is 0.100. The number of hydrogen-bond donors (Lipinski definition) is 2. The fraction of sp³-hybridized carbons (Fsp3) is 0.238. The Morgan fingerprint density at radius 3 is 2.46 bits per heavy atom. The SMILES string of the molecule is CN=C(NCc1ccc(C(N)=O)cc1)N1CC=C(c2ccccc2)CC1. The van der Waals surface area contributed by atoms with Crippen LogP contribution in [0.3, 0.4) is 0 Å². The van der Waals surface area contributed by atoms with E-state index in [2.05, 4.69) is 45.6 Å². The van der Waals surface area contributed by atoms with E-state index in [1.165, 1.54) is 11.1 Å². The number of nitrogens with two attached hydrogens (primary N) is 1. The van der Waals surface area contributed by atoms with E-state index in [1.54, 1.807) is 19.2 Å². The van der Waals surface area contributed by atoms with Crippen molar-refractivity contribution < 1.29 is 4.79 Å². The number of carbonyl (C=O) groups is 1. The lowest BCUT2D eigenvalue weighted by atomic mass is 10.00. The normalized spacial score (nSPS) is 14.7. The Bertz CT molecular complexity index is 810. The lowest BCUT2D eigenvalue weighted by Gasteiger charge is -2.29. The van der Waals surface area contributed by atoms with Crippen LogP contribution in [-0.2, 0) is 6.54 Å². The molecule has 0 aliphatic carbocycles. The molecule has 5 heteroatoms. The van der Waals surface area contributed by atoms with Crippen LogP contribution in [0.15, 0.2) is 65.7 Å². The summed E-state index contributed by atoms with van der Waals surface area (Å²) in [6, 6.07) is 17.8. The van der Waals surface area contributed by atoms with Gasteiger partial charge in [0.2, 0.25) is 5.91 Å². The molecule has 3 rings (SSSR count). The minimum Gasteiger partial charge on any atom is -0.366 e. The Morgan fingerprint density at radius 2 is 1.88 bits per heavy atom. The Labute approximate surface area is 154 Å². The first kappa shape index (κ1) is 17.7. The van der Waals surface area contributed by atoms with Crippen LogP contribution in [0.4, 0.5) is 0 Å². The third-order valence-corrected chi connectivity index (χ3v) is 4.55. The molecular weight excluding hydrogens is 324 g/mol. The minimum absolute atomic E-state index is 0.408. The Balaban J connectivity index is 1.58. The molecule has 0 radical (unpaired) electrons. The van der Waals surface area contributed by atoms with Crippen molar-refractivity contribution in [2.24, 2.45) is 10.7 Å². The number of rotatable bonds is 4. The zero-order valence-electron chi connectivity index (χ0n) is 15.0. The maximum Gasteiger partial charge on any atom is 0.248 e. The molecule has 0 fully saturated rings. The number of nitrogens with zero attached hydrogens (tertiary/aromatic N) is 2. The van der Waals surface area contributed by atoms with Crippen molar-refractivity contribution in [1.82, 2.24) is 10.2 Å². The number of nitrogens with one attached hydrogen (secondary N) is 1. The smallest absolute Gasteiger partial charge is 0.248 e. The van der Waals surface area contributed by atoms with Gasteiger partial charge < -0.3 is 16.0 Å². The molecule has 0 spiro atoms. The van der Waals surface area contributed by atoms with Gasteiger partial charge in [0.05, 0.1) is 0 Å². The number of benzene rings is 2. The number of aliphatic imine (C=N–C) groups is 1. The number of guanidine groups is 1. The second-order valence-corrected chi connectivity index (χ2v) is 6.25. The van der Waals surface area contributed by atoms with Gasteiger partial charge in [0.15, 0.2) is 5.96 Å². The Morgan fingerprint density at radius 1 is 1.15 bits per heavy atom. The fourth-order valence-electron chi connectivity index (χ4n) is 3.08. The number of hydrogen-bond acceptors (Lipinski definition) is 2. The topological polar surface area (TPSA) is 70.7 Å². The maximum atomic E-state index is 11.1. The Hall–Kier alpha value is -3.08. The molecule has 5 nitrogen and oxygen atoms in total. The first-order valence-electron chi connectivity index (χ1n) is 8.76. The molecule has 0 bridgehead atoms. The van der Waals surface area contributed by atoms with Crippen LogP contribution in [0.25, 0.3) is 5.57 Å². The first-order chi connectivity index (χ1) is 12.7. The molecule has 2 aromatic carbocycles. The van der Waals surface area contributed by atoms with Gasteiger partial charge in [0.25, 0.3) is 0 Å². The largest absolute Gasteiger partial charge is 0.366 e. The summed E-state index contributed by atoms with van der Waals surface area (Å²) in [5.74, 6) is 0.474. The van der Waals surface area contributed by atoms with Gasteiger partial charge in [-0.15, -0.1) is 0 Å². The van der Waals surface area contributed by atoms with Gasteiger partial charge in [-0.05, 0) is 35.3 Å². The molecule has 1 heterocycles. The summed E-state index contributed by atoms with van der Waals surface area (Å²) in [7, 11) is 1.80. The van der Waals surface area contributed by atoms with E-state index in [0.717, 1.165) is 31.0 Å². The number of amides is 1. The van der Waals surface area contributed by atoms with E-state index in [9.17, 15) is 4.79 Å². The van der Waals surface area contributed by atoms with Crippen molar-refractivity contribution >= 4 is 17.4 Å². The van der Waals surface area contributed by atoms with E-state index in [4.69, 9.17) is 5.73 Å². The van der Waals surface area contributed by atoms with Crippen molar-refractivity contribution in [3.05, 3.63) is 77.4 Å². The molecule has 0 saturated carbocycles. The van der Waals surface area contributed by atoms with Crippen LogP contribution < -0.4 is 11.1 Å². The average Bonchev–Trinajstić information content (AvgIpc) is 2.70. The summed E-state index contributed by atoms with van der Waals surface area (Å²) in [5, 5.41) is 3.39. The summed E-state index contributed by atoms with van der Waals surface area (Å²) in [6.07, 6.45) is 3.27. The second kappa shape index (κ2) is 8.34. The van der Waals surface area contributed by atoms with E-state index in [0.29, 0.717) is 12.1 Å². The standard InChI is InChI=1S/C21H24N4O/c1-23-21(24-15-16-7-9-19(10-8-16)20(22)26)25-13-11-18(12-14-25)17-5-3-2-4-6-17/h2-11H,12-15H2,1H3,(H2,22,26)(H,23,24). The molecule has 0 aromatic heterocycles. The molecule has 1 aliphatic heterocycles. The Kier molecular flexibility index (Phi) is 5.69. The van der Waals surface area contributed by atoms with Gasteiger partial charge in [-0.3, -0.25) is 9.79 Å². The first-order valence-corrected chi connectivity index (χ1v) is 8.76. The van der Waals surface area contributed by atoms with Gasteiger partial charge in [-0.25, -0.2) is 0 Å². The van der Waals surface area contributed by atoms with Gasteiger partial charge in [0, 0.05) is 32.2 Å². The summed E-state index contributed by atoms with van der Waals surface area (Å²) in [4.78, 5) is 17.8. The van der Waals surface area contributed by atoms with E-state index >= 15 is 0 Å². The molecule has 2 aromatic rings. The van der Waals surface area contributed by atoms with Crippen LogP contribution >= 0.6 is 0 Å².